The van der Waals surface area contributed by atoms with E-state index in [4.69, 9.17) is 19.2 Å². The molecule has 0 amide bonds. The fraction of sp³-hybridized carbons (Fsp3) is 0.406. The number of benzene rings is 2. The molecule has 1 fully saturated rings. The highest BCUT2D eigenvalue weighted by Crippen LogP contribution is 2.36. The number of fused-ring (bicyclic) bond motifs is 1. The number of ether oxygens (including phenoxy) is 3. The van der Waals surface area contributed by atoms with Gasteiger partial charge in [0.15, 0.2) is 16.3 Å². The van der Waals surface area contributed by atoms with Gasteiger partial charge in [-0.05, 0) is 94.5 Å². The van der Waals surface area contributed by atoms with Crippen molar-refractivity contribution in [1.29, 1.82) is 0 Å². The molecule has 3 aromatic rings. The Labute approximate surface area is 244 Å². The van der Waals surface area contributed by atoms with Gasteiger partial charge < -0.3 is 19.1 Å². The van der Waals surface area contributed by atoms with Crippen LogP contribution in [0.3, 0.4) is 0 Å². The highest BCUT2D eigenvalue weighted by Gasteiger charge is 2.34. The van der Waals surface area contributed by atoms with Gasteiger partial charge in [0.25, 0.3) is 5.56 Å². The van der Waals surface area contributed by atoms with Crippen molar-refractivity contribution in [3.63, 3.8) is 0 Å². The Bertz CT molecular complexity index is 1680. The van der Waals surface area contributed by atoms with Crippen molar-refractivity contribution in [2.24, 2.45) is 4.99 Å². The second kappa shape index (κ2) is 11.9. The van der Waals surface area contributed by atoms with Crippen molar-refractivity contribution in [2.45, 2.75) is 59.6 Å². The van der Waals surface area contributed by atoms with E-state index in [0.29, 0.717) is 37.7 Å². The third kappa shape index (κ3) is 5.68. The lowest BCUT2D eigenvalue weighted by atomic mass is 9.95. The number of esters is 1. The van der Waals surface area contributed by atoms with Gasteiger partial charge in [0.1, 0.15) is 0 Å². The van der Waals surface area contributed by atoms with Gasteiger partial charge in [-0.1, -0.05) is 23.5 Å². The van der Waals surface area contributed by atoms with Crippen LogP contribution >= 0.6 is 11.3 Å². The van der Waals surface area contributed by atoms with Crippen molar-refractivity contribution >= 4 is 29.1 Å². The number of carbonyl (C=O) groups is 1. The van der Waals surface area contributed by atoms with Crippen LogP contribution in [0, 0.1) is 6.92 Å². The summed E-state index contributed by atoms with van der Waals surface area (Å²) in [6.45, 7) is 11.9. The number of rotatable bonds is 8. The highest BCUT2D eigenvalue weighted by atomic mass is 32.1. The molecule has 2 aliphatic heterocycles. The first-order valence-electron chi connectivity index (χ1n) is 14.1. The SMILES string of the molecule is CCOC(=O)C1=C(C)N=c2sc(=Cc3ccc(N4CCCC4)cc3C)c(=O)n2C1c1ccc(OC(C)C)c(OC)c1. The fourth-order valence-electron chi connectivity index (χ4n) is 5.45. The molecule has 2 aliphatic rings. The quantitative estimate of drug-likeness (QED) is 0.368. The summed E-state index contributed by atoms with van der Waals surface area (Å²) < 4.78 is 19.1. The monoisotopic (exact) mass is 575 g/mol. The van der Waals surface area contributed by atoms with E-state index in [-0.39, 0.29) is 18.3 Å². The fourth-order valence-corrected chi connectivity index (χ4v) is 6.49. The van der Waals surface area contributed by atoms with Gasteiger partial charge in [-0.15, -0.1) is 0 Å². The molecular formula is C32H37N3O5S. The number of aromatic nitrogens is 1. The second-order valence-corrected chi connectivity index (χ2v) is 11.6. The Kier molecular flexibility index (Phi) is 8.35. The number of carbonyl (C=O) groups excluding carboxylic acids is 1. The molecule has 0 aliphatic carbocycles. The molecular weight excluding hydrogens is 538 g/mol. The molecule has 216 valence electrons. The van der Waals surface area contributed by atoms with Crippen molar-refractivity contribution in [3.8, 4) is 11.5 Å². The minimum absolute atomic E-state index is 0.0440. The van der Waals surface area contributed by atoms with E-state index in [1.165, 1.54) is 29.9 Å². The zero-order valence-corrected chi connectivity index (χ0v) is 25.3. The summed E-state index contributed by atoms with van der Waals surface area (Å²) in [5.41, 5.74) is 4.64. The van der Waals surface area contributed by atoms with Crippen LogP contribution in [0.2, 0.25) is 0 Å². The Hall–Kier alpha value is -3.85. The highest BCUT2D eigenvalue weighted by molar-refractivity contribution is 7.07. The van der Waals surface area contributed by atoms with Gasteiger partial charge in [-0.3, -0.25) is 9.36 Å². The standard InChI is InChI=1S/C32H37N3O5S/c1-7-39-31(37)28-21(5)33-32-35(29(28)23-11-13-25(40-19(2)3)26(17-23)38-6)30(36)27(41-32)18-22-10-12-24(16-20(22)4)34-14-8-9-15-34/h10-13,16-19,29H,7-9,14-15H2,1-6H3. The maximum atomic E-state index is 14.0. The number of allylic oxidation sites excluding steroid dienone is 1. The lowest BCUT2D eigenvalue weighted by Crippen LogP contribution is -2.40. The molecule has 0 saturated carbocycles. The van der Waals surface area contributed by atoms with Crippen molar-refractivity contribution in [3.05, 3.63) is 84.0 Å². The molecule has 0 bridgehead atoms. The first-order valence-corrected chi connectivity index (χ1v) is 14.9. The van der Waals surface area contributed by atoms with E-state index in [1.54, 1.807) is 25.5 Å². The van der Waals surface area contributed by atoms with Crippen LogP contribution in [0.5, 0.6) is 11.5 Å². The van der Waals surface area contributed by atoms with Gasteiger partial charge in [0, 0.05) is 18.8 Å². The summed E-state index contributed by atoms with van der Waals surface area (Å²) in [6.07, 6.45) is 4.32. The summed E-state index contributed by atoms with van der Waals surface area (Å²) in [7, 11) is 1.57. The lowest BCUT2D eigenvalue weighted by Gasteiger charge is -2.25. The number of aryl methyl sites for hydroxylation is 1. The minimum Gasteiger partial charge on any atom is -0.493 e. The molecule has 9 heteroatoms. The van der Waals surface area contributed by atoms with Crippen molar-refractivity contribution in [2.75, 3.05) is 31.7 Å². The molecule has 5 rings (SSSR count). The van der Waals surface area contributed by atoms with Crippen LogP contribution in [0.15, 0.2) is 57.5 Å². The number of methoxy groups -OCH3 is 1. The third-order valence-electron chi connectivity index (χ3n) is 7.39. The van der Waals surface area contributed by atoms with Crippen LogP contribution in [-0.4, -0.2) is 43.4 Å². The van der Waals surface area contributed by atoms with Crippen LogP contribution in [0.1, 0.15) is 63.3 Å². The number of anilines is 1. The molecule has 2 aromatic carbocycles. The van der Waals surface area contributed by atoms with Crippen molar-refractivity contribution in [1.82, 2.24) is 4.57 Å². The molecule has 0 N–H and O–H groups in total. The van der Waals surface area contributed by atoms with Crippen molar-refractivity contribution < 1.29 is 19.0 Å². The van der Waals surface area contributed by atoms with Crippen LogP contribution in [0.25, 0.3) is 6.08 Å². The predicted molar refractivity (Wildman–Crippen MR) is 162 cm³/mol. The molecule has 0 radical (unpaired) electrons. The van der Waals surface area contributed by atoms with E-state index in [1.807, 2.05) is 38.1 Å². The molecule has 8 nitrogen and oxygen atoms in total. The van der Waals surface area contributed by atoms with E-state index in [0.717, 1.165) is 24.2 Å². The van der Waals surface area contributed by atoms with E-state index in [2.05, 4.69) is 30.0 Å². The number of nitrogens with zero attached hydrogens (tertiary/aromatic N) is 3. The Morgan fingerprint density at radius 2 is 1.88 bits per heavy atom. The largest absolute Gasteiger partial charge is 0.493 e. The Morgan fingerprint density at radius 1 is 1.12 bits per heavy atom. The van der Waals surface area contributed by atoms with Crippen LogP contribution in [-0.2, 0) is 9.53 Å². The summed E-state index contributed by atoms with van der Waals surface area (Å²) in [5, 5.41) is 0. The second-order valence-electron chi connectivity index (χ2n) is 10.6. The maximum absolute atomic E-state index is 14.0. The molecule has 41 heavy (non-hydrogen) atoms. The van der Waals surface area contributed by atoms with E-state index in [9.17, 15) is 9.59 Å². The number of hydrogen-bond donors (Lipinski definition) is 0. The van der Waals surface area contributed by atoms with E-state index < -0.39 is 12.0 Å². The Morgan fingerprint density at radius 3 is 2.54 bits per heavy atom. The summed E-state index contributed by atoms with van der Waals surface area (Å²) >= 11 is 1.32. The normalized spacial score (nSPS) is 17.1. The molecule has 1 unspecified atom stereocenters. The van der Waals surface area contributed by atoms with E-state index >= 15 is 0 Å². The zero-order chi connectivity index (χ0) is 29.3. The van der Waals surface area contributed by atoms with Gasteiger partial charge in [0.2, 0.25) is 0 Å². The Balaban J connectivity index is 1.64. The average molecular weight is 576 g/mol. The lowest BCUT2D eigenvalue weighted by molar-refractivity contribution is -0.139. The predicted octanol–water partition coefficient (Wildman–Crippen LogP) is 4.50. The topological polar surface area (TPSA) is 82.4 Å². The number of thiazole rings is 1. The summed E-state index contributed by atoms with van der Waals surface area (Å²) in [5.74, 6) is 0.609. The zero-order valence-electron chi connectivity index (χ0n) is 24.5. The smallest absolute Gasteiger partial charge is 0.338 e. The van der Waals surface area contributed by atoms with Crippen LogP contribution in [0.4, 0.5) is 5.69 Å². The first kappa shape index (κ1) is 28.7. The average Bonchev–Trinajstić information content (AvgIpc) is 3.58. The summed E-state index contributed by atoms with van der Waals surface area (Å²) in [6, 6.07) is 11.2. The molecule has 0 spiro atoms. The molecule has 3 heterocycles. The van der Waals surface area contributed by atoms with Gasteiger partial charge in [-0.25, -0.2) is 9.79 Å². The minimum atomic E-state index is -0.729. The molecule has 1 atom stereocenters. The van der Waals surface area contributed by atoms with Crippen LogP contribution < -0.4 is 29.3 Å². The number of hydrogen-bond acceptors (Lipinski definition) is 8. The maximum Gasteiger partial charge on any atom is 0.338 e. The summed E-state index contributed by atoms with van der Waals surface area (Å²) in [4.78, 5) is 34.9. The first-order chi connectivity index (χ1) is 19.7. The van der Waals surface area contributed by atoms with Gasteiger partial charge >= 0.3 is 5.97 Å². The van der Waals surface area contributed by atoms with Gasteiger partial charge in [0.05, 0.1) is 41.7 Å². The molecule has 1 aromatic heterocycles. The van der Waals surface area contributed by atoms with Gasteiger partial charge in [-0.2, -0.15) is 0 Å². The third-order valence-corrected chi connectivity index (χ3v) is 8.38. The molecule has 1 saturated heterocycles.